The average molecular weight is 327 g/mol. The number of furan rings is 1. The lowest BCUT2D eigenvalue weighted by Gasteiger charge is -2.12. The second-order valence-electron chi connectivity index (χ2n) is 4.25. The van der Waals surface area contributed by atoms with Crippen molar-refractivity contribution in [2.24, 2.45) is 0 Å². The summed E-state index contributed by atoms with van der Waals surface area (Å²) in [4.78, 5) is 11.3. The Morgan fingerprint density at radius 2 is 2.16 bits per heavy atom. The fraction of sp³-hybridized carbons (Fsp3) is 0.385. The van der Waals surface area contributed by atoms with E-state index in [1.807, 2.05) is 0 Å². The van der Waals surface area contributed by atoms with Gasteiger partial charge in [-0.1, -0.05) is 13.8 Å². The van der Waals surface area contributed by atoms with Crippen LogP contribution in [-0.2, 0) is 0 Å². The highest BCUT2D eigenvalue weighted by Crippen LogP contribution is 2.28. The molecule has 0 saturated heterocycles. The number of hydrogen-bond donors (Lipinski definition) is 1. The van der Waals surface area contributed by atoms with Gasteiger partial charge in [0.15, 0.2) is 10.4 Å². The standard InChI is InChI=1S/C13H15BrN2O3/c1-3-8(4-2)16-7-9(13(17)18)12(15-16)10-5-6-11(14)19-10/h5-8H,3-4H2,1-2H3,(H,17,18). The lowest BCUT2D eigenvalue weighted by Crippen LogP contribution is -2.07. The van der Waals surface area contributed by atoms with Crippen molar-refractivity contribution in [3.05, 3.63) is 28.6 Å². The van der Waals surface area contributed by atoms with Gasteiger partial charge in [-0.05, 0) is 40.9 Å². The van der Waals surface area contributed by atoms with Crippen molar-refractivity contribution in [3.8, 4) is 11.5 Å². The molecule has 0 aromatic carbocycles. The molecule has 0 unspecified atom stereocenters. The van der Waals surface area contributed by atoms with Crippen LogP contribution < -0.4 is 0 Å². The number of carboxylic acid groups (broad SMARTS) is 1. The van der Waals surface area contributed by atoms with Crippen LogP contribution in [0, 0.1) is 0 Å². The molecule has 1 N–H and O–H groups in total. The van der Waals surface area contributed by atoms with Gasteiger partial charge in [0.05, 0.1) is 6.04 Å². The highest BCUT2D eigenvalue weighted by atomic mass is 79.9. The van der Waals surface area contributed by atoms with Gasteiger partial charge >= 0.3 is 5.97 Å². The number of aromatic nitrogens is 2. The van der Waals surface area contributed by atoms with E-state index in [1.54, 1.807) is 23.0 Å². The highest BCUT2D eigenvalue weighted by molar-refractivity contribution is 9.10. The normalized spacial score (nSPS) is 11.2. The van der Waals surface area contributed by atoms with E-state index in [9.17, 15) is 9.90 Å². The Morgan fingerprint density at radius 3 is 2.63 bits per heavy atom. The Kier molecular flexibility index (Phi) is 4.09. The minimum Gasteiger partial charge on any atom is -0.478 e. The molecule has 0 aliphatic carbocycles. The number of hydrogen-bond acceptors (Lipinski definition) is 3. The zero-order valence-corrected chi connectivity index (χ0v) is 12.3. The molecule has 0 spiro atoms. The van der Waals surface area contributed by atoms with Gasteiger partial charge in [-0.25, -0.2) is 4.79 Å². The van der Waals surface area contributed by atoms with Crippen LogP contribution in [-0.4, -0.2) is 20.9 Å². The van der Waals surface area contributed by atoms with Crippen molar-refractivity contribution in [2.75, 3.05) is 0 Å². The van der Waals surface area contributed by atoms with Crippen LogP contribution in [0.5, 0.6) is 0 Å². The number of halogens is 1. The molecule has 6 heteroatoms. The van der Waals surface area contributed by atoms with E-state index >= 15 is 0 Å². The molecule has 0 bridgehead atoms. The van der Waals surface area contributed by atoms with Crippen molar-refractivity contribution in [3.63, 3.8) is 0 Å². The van der Waals surface area contributed by atoms with Crippen LogP contribution in [0.3, 0.4) is 0 Å². The minimum absolute atomic E-state index is 0.161. The Morgan fingerprint density at radius 1 is 1.47 bits per heavy atom. The van der Waals surface area contributed by atoms with Crippen LogP contribution in [0.2, 0.25) is 0 Å². The summed E-state index contributed by atoms with van der Waals surface area (Å²) in [5, 5.41) is 13.6. The molecule has 0 saturated carbocycles. The Labute approximate surface area is 119 Å². The molecule has 0 amide bonds. The molecule has 2 rings (SSSR count). The van der Waals surface area contributed by atoms with E-state index in [0.717, 1.165) is 12.8 Å². The Balaban J connectivity index is 2.50. The predicted molar refractivity (Wildman–Crippen MR) is 74.2 cm³/mol. The molecule has 0 fully saturated rings. The molecular weight excluding hydrogens is 312 g/mol. The molecule has 0 radical (unpaired) electrons. The maximum atomic E-state index is 11.3. The van der Waals surface area contributed by atoms with Crippen LogP contribution >= 0.6 is 15.9 Å². The van der Waals surface area contributed by atoms with E-state index in [2.05, 4.69) is 34.9 Å². The maximum Gasteiger partial charge on any atom is 0.339 e. The van der Waals surface area contributed by atoms with Gasteiger partial charge < -0.3 is 9.52 Å². The number of aromatic carboxylic acids is 1. The molecule has 2 aromatic heterocycles. The van der Waals surface area contributed by atoms with Crippen molar-refractivity contribution in [1.82, 2.24) is 9.78 Å². The monoisotopic (exact) mass is 326 g/mol. The Hall–Kier alpha value is -1.56. The third kappa shape index (κ3) is 2.73. The zero-order chi connectivity index (χ0) is 14.0. The quantitative estimate of drug-likeness (QED) is 0.902. The van der Waals surface area contributed by atoms with Crippen molar-refractivity contribution in [1.29, 1.82) is 0 Å². The van der Waals surface area contributed by atoms with Crippen molar-refractivity contribution in [2.45, 2.75) is 32.7 Å². The third-order valence-electron chi connectivity index (χ3n) is 3.09. The first-order valence-electron chi connectivity index (χ1n) is 6.15. The fourth-order valence-electron chi connectivity index (χ4n) is 2.02. The van der Waals surface area contributed by atoms with Gasteiger partial charge in [0, 0.05) is 6.20 Å². The second kappa shape index (κ2) is 5.61. The summed E-state index contributed by atoms with van der Waals surface area (Å²) in [6.07, 6.45) is 3.38. The molecule has 5 nitrogen and oxygen atoms in total. The summed E-state index contributed by atoms with van der Waals surface area (Å²) in [5.41, 5.74) is 0.527. The van der Waals surface area contributed by atoms with Gasteiger partial charge in [0.1, 0.15) is 11.3 Å². The first kappa shape index (κ1) is 13.9. The average Bonchev–Trinajstić information content (AvgIpc) is 2.97. The van der Waals surface area contributed by atoms with E-state index in [4.69, 9.17) is 4.42 Å². The Bertz CT molecular complexity index is 584. The largest absolute Gasteiger partial charge is 0.478 e. The predicted octanol–water partition coefficient (Wildman–Crippen LogP) is 3.96. The summed E-state index contributed by atoms with van der Waals surface area (Å²) in [5.74, 6) is -0.547. The lowest BCUT2D eigenvalue weighted by molar-refractivity contribution is 0.0697. The summed E-state index contributed by atoms with van der Waals surface area (Å²) < 4.78 is 7.67. The first-order valence-corrected chi connectivity index (χ1v) is 6.94. The smallest absolute Gasteiger partial charge is 0.339 e. The van der Waals surface area contributed by atoms with E-state index in [-0.39, 0.29) is 11.6 Å². The molecule has 102 valence electrons. The molecule has 19 heavy (non-hydrogen) atoms. The van der Waals surface area contributed by atoms with E-state index in [1.165, 1.54) is 0 Å². The molecule has 0 aliphatic heterocycles. The van der Waals surface area contributed by atoms with Crippen LogP contribution in [0.4, 0.5) is 0 Å². The van der Waals surface area contributed by atoms with Crippen molar-refractivity contribution < 1.29 is 14.3 Å². The highest BCUT2D eigenvalue weighted by Gasteiger charge is 2.21. The first-order chi connectivity index (χ1) is 9.06. The summed E-state index contributed by atoms with van der Waals surface area (Å²) in [6.45, 7) is 4.11. The topological polar surface area (TPSA) is 68.3 Å². The second-order valence-corrected chi connectivity index (χ2v) is 5.03. The van der Waals surface area contributed by atoms with Gasteiger partial charge in [-0.3, -0.25) is 4.68 Å². The number of carboxylic acids is 1. The zero-order valence-electron chi connectivity index (χ0n) is 10.8. The van der Waals surface area contributed by atoms with Gasteiger partial charge in [0.2, 0.25) is 0 Å². The maximum absolute atomic E-state index is 11.3. The molecular formula is C13H15BrN2O3. The third-order valence-corrected chi connectivity index (χ3v) is 3.51. The van der Waals surface area contributed by atoms with Crippen LogP contribution in [0.1, 0.15) is 43.1 Å². The summed E-state index contributed by atoms with van der Waals surface area (Å²) in [6, 6.07) is 3.62. The van der Waals surface area contributed by atoms with E-state index in [0.29, 0.717) is 16.1 Å². The van der Waals surface area contributed by atoms with Gasteiger partial charge in [0.25, 0.3) is 0 Å². The molecule has 2 aromatic rings. The lowest BCUT2D eigenvalue weighted by atomic mass is 10.2. The summed E-state index contributed by atoms with van der Waals surface area (Å²) >= 11 is 3.21. The fourth-order valence-corrected chi connectivity index (χ4v) is 2.33. The summed E-state index contributed by atoms with van der Waals surface area (Å²) in [7, 11) is 0. The van der Waals surface area contributed by atoms with Crippen molar-refractivity contribution >= 4 is 21.9 Å². The molecule has 0 aliphatic rings. The molecule has 0 atom stereocenters. The minimum atomic E-state index is -1.00. The van der Waals surface area contributed by atoms with Crippen LogP contribution in [0.15, 0.2) is 27.4 Å². The van der Waals surface area contributed by atoms with Gasteiger partial charge in [-0.15, -0.1) is 0 Å². The number of rotatable bonds is 5. The number of carbonyl (C=O) groups is 1. The number of nitrogens with zero attached hydrogens (tertiary/aromatic N) is 2. The molecule has 2 heterocycles. The van der Waals surface area contributed by atoms with Crippen LogP contribution in [0.25, 0.3) is 11.5 Å². The SMILES string of the molecule is CCC(CC)n1cc(C(=O)O)c(-c2ccc(Br)o2)n1. The van der Waals surface area contributed by atoms with Gasteiger partial charge in [-0.2, -0.15) is 5.10 Å². The van der Waals surface area contributed by atoms with E-state index < -0.39 is 5.97 Å².